The van der Waals surface area contributed by atoms with Crippen molar-refractivity contribution < 1.29 is 14.3 Å². The fourth-order valence-electron chi connectivity index (χ4n) is 2.65. The van der Waals surface area contributed by atoms with Gasteiger partial charge in [0.15, 0.2) is 0 Å². The molecule has 0 aromatic heterocycles. The number of ether oxygens (including phenoxy) is 1. The quantitative estimate of drug-likeness (QED) is 0.887. The second-order valence-corrected chi connectivity index (χ2v) is 5.31. The van der Waals surface area contributed by atoms with Crippen molar-refractivity contribution in [3.63, 3.8) is 0 Å². The molecule has 1 aromatic carbocycles. The van der Waals surface area contributed by atoms with E-state index in [9.17, 15) is 9.59 Å². The first-order valence-electron chi connectivity index (χ1n) is 7.28. The van der Waals surface area contributed by atoms with Gasteiger partial charge in [0.2, 0.25) is 5.91 Å². The molecule has 3 rings (SSSR count). The van der Waals surface area contributed by atoms with Gasteiger partial charge in [-0.25, -0.2) is 4.79 Å². The molecule has 2 fully saturated rings. The van der Waals surface area contributed by atoms with E-state index in [1.54, 1.807) is 4.90 Å². The minimum Gasteiger partial charge on any atom is -0.381 e. The highest BCUT2D eigenvalue weighted by Crippen LogP contribution is 2.21. The highest BCUT2D eigenvalue weighted by Gasteiger charge is 2.22. The third kappa shape index (κ3) is 3.16. The Labute approximate surface area is 123 Å². The molecule has 0 saturated carbocycles. The van der Waals surface area contributed by atoms with E-state index in [4.69, 9.17) is 4.74 Å². The number of hydrogen-bond donors (Lipinski definition) is 2. The Morgan fingerprint density at radius 1 is 1.24 bits per heavy atom. The summed E-state index contributed by atoms with van der Waals surface area (Å²) in [6.07, 6.45) is 1.55. The lowest BCUT2D eigenvalue weighted by Crippen LogP contribution is -2.29. The van der Waals surface area contributed by atoms with E-state index in [-0.39, 0.29) is 17.9 Å². The van der Waals surface area contributed by atoms with Gasteiger partial charge in [-0.05, 0) is 37.1 Å². The van der Waals surface area contributed by atoms with Gasteiger partial charge in [-0.3, -0.25) is 9.69 Å². The fraction of sp³-hybridized carbons (Fsp3) is 0.467. The molecule has 6 heteroatoms. The van der Waals surface area contributed by atoms with E-state index in [0.29, 0.717) is 26.3 Å². The maximum Gasteiger partial charge on any atom is 0.321 e. The van der Waals surface area contributed by atoms with Crippen LogP contribution in [0.4, 0.5) is 16.2 Å². The predicted molar refractivity (Wildman–Crippen MR) is 79.4 cm³/mol. The molecule has 2 heterocycles. The van der Waals surface area contributed by atoms with Crippen molar-refractivity contribution in [3.05, 3.63) is 24.3 Å². The molecule has 0 radical (unpaired) electrons. The van der Waals surface area contributed by atoms with Crippen LogP contribution in [0.15, 0.2) is 24.3 Å². The minimum absolute atomic E-state index is 0.0304. The van der Waals surface area contributed by atoms with Crippen LogP contribution in [-0.2, 0) is 9.53 Å². The van der Waals surface area contributed by atoms with Gasteiger partial charge in [-0.2, -0.15) is 0 Å². The minimum atomic E-state index is -0.0750. The molecule has 112 valence electrons. The van der Waals surface area contributed by atoms with Crippen LogP contribution in [-0.4, -0.2) is 38.2 Å². The Kier molecular flexibility index (Phi) is 4.06. The molecule has 2 N–H and O–H groups in total. The second kappa shape index (κ2) is 6.13. The average Bonchev–Trinajstić information content (AvgIpc) is 2.95. The monoisotopic (exact) mass is 289 g/mol. The number of amides is 3. The highest BCUT2D eigenvalue weighted by molar-refractivity contribution is 5.95. The summed E-state index contributed by atoms with van der Waals surface area (Å²) in [5, 5.41) is 5.69. The van der Waals surface area contributed by atoms with Crippen LogP contribution < -0.4 is 15.5 Å². The lowest BCUT2D eigenvalue weighted by molar-refractivity contribution is -0.122. The summed E-state index contributed by atoms with van der Waals surface area (Å²) in [7, 11) is 0. The van der Waals surface area contributed by atoms with Crippen LogP contribution in [0.1, 0.15) is 12.8 Å². The molecule has 0 bridgehead atoms. The van der Waals surface area contributed by atoms with Gasteiger partial charge >= 0.3 is 6.03 Å². The maximum atomic E-state index is 12.1. The zero-order valence-electron chi connectivity index (χ0n) is 11.8. The third-order valence-electron chi connectivity index (χ3n) is 3.90. The summed E-state index contributed by atoms with van der Waals surface area (Å²) >= 11 is 0. The first-order chi connectivity index (χ1) is 10.2. The van der Waals surface area contributed by atoms with Crippen molar-refractivity contribution in [2.24, 2.45) is 5.92 Å². The molecule has 2 saturated heterocycles. The number of nitrogens with zero attached hydrogens (tertiary/aromatic N) is 1. The Balaban J connectivity index is 1.61. The van der Waals surface area contributed by atoms with E-state index in [1.807, 2.05) is 24.3 Å². The van der Waals surface area contributed by atoms with Crippen molar-refractivity contribution >= 4 is 23.3 Å². The summed E-state index contributed by atoms with van der Waals surface area (Å²) in [4.78, 5) is 25.4. The van der Waals surface area contributed by atoms with E-state index in [0.717, 1.165) is 24.2 Å². The van der Waals surface area contributed by atoms with E-state index in [1.165, 1.54) is 0 Å². The molecule has 21 heavy (non-hydrogen) atoms. The Morgan fingerprint density at radius 3 is 2.57 bits per heavy atom. The highest BCUT2D eigenvalue weighted by atomic mass is 16.5. The Morgan fingerprint density at radius 2 is 1.95 bits per heavy atom. The molecular formula is C15H19N3O3. The third-order valence-corrected chi connectivity index (χ3v) is 3.90. The van der Waals surface area contributed by atoms with E-state index < -0.39 is 0 Å². The lowest BCUT2D eigenvalue weighted by atomic mass is 9.99. The van der Waals surface area contributed by atoms with Crippen molar-refractivity contribution in [2.45, 2.75) is 12.8 Å². The number of carbonyl (C=O) groups is 2. The van der Waals surface area contributed by atoms with Crippen molar-refractivity contribution in [1.29, 1.82) is 0 Å². The van der Waals surface area contributed by atoms with E-state index >= 15 is 0 Å². The van der Waals surface area contributed by atoms with Gasteiger partial charge in [-0.15, -0.1) is 0 Å². The van der Waals surface area contributed by atoms with Crippen LogP contribution in [0, 0.1) is 5.92 Å². The van der Waals surface area contributed by atoms with Gasteiger partial charge < -0.3 is 15.4 Å². The number of urea groups is 1. The molecular weight excluding hydrogens is 270 g/mol. The lowest BCUT2D eigenvalue weighted by Gasteiger charge is -2.21. The standard InChI is InChI=1S/C15H19N3O3/c19-14(11-5-9-21-10-6-11)17-12-1-3-13(4-2-12)18-8-7-16-15(18)20/h1-4,11H,5-10H2,(H,16,20)(H,17,19). The molecule has 1 aromatic rings. The number of benzene rings is 1. The van der Waals surface area contributed by atoms with Crippen molar-refractivity contribution in [1.82, 2.24) is 5.32 Å². The smallest absolute Gasteiger partial charge is 0.321 e. The summed E-state index contributed by atoms with van der Waals surface area (Å²) in [6, 6.07) is 7.29. The molecule has 0 unspecified atom stereocenters. The number of nitrogens with one attached hydrogen (secondary N) is 2. The number of rotatable bonds is 3. The number of anilines is 2. The Hall–Kier alpha value is -2.08. The average molecular weight is 289 g/mol. The topological polar surface area (TPSA) is 70.7 Å². The summed E-state index contributed by atoms with van der Waals surface area (Å²) < 4.78 is 5.26. The number of carbonyl (C=O) groups excluding carboxylic acids is 2. The van der Waals surface area contributed by atoms with Gasteiger partial charge in [0.1, 0.15) is 0 Å². The van der Waals surface area contributed by atoms with Crippen LogP contribution in [0.2, 0.25) is 0 Å². The normalized spacial score (nSPS) is 19.4. The Bertz CT molecular complexity index is 523. The first-order valence-corrected chi connectivity index (χ1v) is 7.28. The fourth-order valence-corrected chi connectivity index (χ4v) is 2.65. The number of hydrogen-bond acceptors (Lipinski definition) is 3. The van der Waals surface area contributed by atoms with Crippen LogP contribution in [0.5, 0.6) is 0 Å². The van der Waals surface area contributed by atoms with Gasteiger partial charge in [-0.1, -0.05) is 0 Å². The summed E-state index contributed by atoms with van der Waals surface area (Å²) in [6.45, 7) is 2.65. The molecule has 2 aliphatic rings. The van der Waals surface area contributed by atoms with Crippen LogP contribution in [0.25, 0.3) is 0 Å². The largest absolute Gasteiger partial charge is 0.381 e. The first kappa shape index (κ1) is 13.9. The SMILES string of the molecule is O=C(Nc1ccc(N2CCNC2=O)cc1)C1CCOCC1. The molecule has 3 amide bonds. The molecule has 6 nitrogen and oxygen atoms in total. The van der Waals surface area contributed by atoms with Crippen LogP contribution >= 0.6 is 0 Å². The second-order valence-electron chi connectivity index (χ2n) is 5.31. The zero-order chi connectivity index (χ0) is 14.7. The summed E-state index contributed by atoms with van der Waals surface area (Å²) in [5.74, 6) is 0.0766. The van der Waals surface area contributed by atoms with Gasteiger partial charge in [0.05, 0.1) is 0 Å². The predicted octanol–water partition coefficient (Wildman–Crippen LogP) is 1.58. The van der Waals surface area contributed by atoms with E-state index in [2.05, 4.69) is 10.6 Å². The maximum absolute atomic E-state index is 12.1. The van der Waals surface area contributed by atoms with Gasteiger partial charge in [0, 0.05) is 43.6 Å². The van der Waals surface area contributed by atoms with Crippen molar-refractivity contribution in [2.75, 3.05) is 36.5 Å². The molecule has 0 spiro atoms. The molecule has 2 aliphatic heterocycles. The van der Waals surface area contributed by atoms with Crippen molar-refractivity contribution in [3.8, 4) is 0 Å². The molecule has 0 aliphatic carbocycles. The zero-order valence-corrected chi connectivity index (χ0v) is 11.8. The van der Waals surface area contributed by atoms with Gasteiger partial charge in [0.25, 0.3) is 0 Å². The van der Waals surface area contributed by atoms with Crippen LogP contribution in [0.3, 0.4) is 0 Å². The molecule has 0 atom stereocenters. The summed E-state index contributed by atoms with van der Waals surface area (Å²) in [5.41, 5.74) is 1.60.